The molecule has 0 saturated carbocycles. The van der Waals surface area contributed by atoms with Gasteiger partial charge in [-0.3, -0.25) is 14.3 Å². The SMILES string of the molecule is Cn1nc(-c2csc(C3CCN(C(=O)Cn4cc(Cl)cc(C(F)(F)F)c4=O)CC3)n2)cc1-c1c(Cl)cccc1Cl. The highest BCUT2D eigenvalue weighted by Crippen LogP contribution is 2.37. The molecule has 1 aliphatic rings. The summed E-state index contributed by atoms with van der Waals surface area (Å²) >= 11 is 20.0. The van der Waals surface area contributed by atoms with Crippen molar-refractivity contribution in [1.29, 1.82) is 0 Å². The van der Waals surface area contributed by atoms with Crippen molar-refractivity contribution in [2.75, 3.05) is 13.1 Å². The number of carbonyl (C=O) groups is 1. The fourth-order valence-electron chi connectivity index (χ4n) is 4.70. The Kier molecular flexibility index (Phi) is 8.02. The molecule has 1 aliphatic heterocycles. The first-order chi connectivity index (χ1) is 18.9. The monoisotopic (exact) mass is 629 g/mol. The van der Waals surface area contributed by atoms with Crippen LogP contribution in [0, 0.1) is 0 Å². The van der Waals surface area contributed by atoms with Gasteiger partial charge >= 0.3 is 6.18 Å². The summed E-state index contributed by atoms with van der Waals surface area (Å²) in [6, 6.07) is 7.75. The summed E-state index contributed by atoms with van der Waals surface area (Å²) in [4.78, 5) is 31.4. The number of thiazole rings is 1. The van der Waals surface area contributed by atoms with Crippen molar-refractivity contribution in [2.45, 2.75) is 31.5 Å². The second-order valence-corrected chi connectivity index (χ2v) is 11.5. The molecule has 1 amide bonds. The predicted molar refractivity (Wildman–Crippen MR) is 149 cm³/mol. The zero-order valence-electron chi connectivity index (χ0n) is 20.9. The first-order valence-electron chi connectivity index (χ1n) is 12.1. The minimum Gasteiger partial charge on any atom is -0.341 e. The van der Waals surface area contributed by atoms with E-state index in [-0.39, 0.29) is 10.9 Å². The minimum atomic E-state index is -4.86. The number of aryl methyl sites for hydroxylation is 1. The topological polar surface area (TPSA) is 73.0 Å². The molecule has 1 aromatic carbocycles. The molecule has 0 aliphatic carbocycles. The number of alkyl halides is 3. The molecule has 4 heterocycles. The first kappa shape index (κ1) is 28.7. The molecule has 1 fully saturated rings. The molecular formula is C26H21Cl3F3N5O2S. The maximum atomic E-state index is 13.2. The smallest absolute Gasteiger partial charge is 0.341 e. The lowest BCUT2D eigenvalue weighted by molar-refractivity contribution is -0.139. The average molecular weight is 631 g/mol. The van der Waals surface area contributed by atoms with Crippen molar-refractivity contribution < 1.29 is 18.0 Å². The Hall–Kier alpha value is -2.86. The molecule has 14 heteroatoms. The molecule has 3 aromatic heterocycles. The number of likely N-dealkylation sites (tertiary alicyclic amines) is 1. The molecule has 0 atom stereocenters. The summed E-state index contributed by atoms with van der Waals surface area (Å²) in [5.41, 5.74) is 0.131. The van der Waals surface area contributed by atoms with Crippen molar-refractivity contribution >= 4 is 52.0 Å². The van der Waals surface area contributed by atoms with Crippen molar-refractivity contribution in [3.63, 3.8) is 0 Å². The van der Waals surface area contributed by atoms with Gasteiger partial charge in [-0.2, -0.15) is 18.3 Å². The van der Waals surface area contributed by atoms with E-state index in [4.69, 9.17) is 39.8 Å². The number of aromatic nitrogens is 4. The zero-order valence-corrected chi connectivity index (χ0v) is 24.0. The van der Waals surface area contributed by atoms with Crippen LogP contribution in [0.4, 0.5) is 13.2 Å². The highest BCUT2D eigenvalue weighted by molar-refractivity contribution is 7.10. The van der Waals surface area contributed by atoms with Crippen LogP contribution in [0.2, 0.25) is 15.1 Å². The van der Waals surface area contributed by atoms with Gasteiger partial charge in [-0.05, 0) is 37.1 Å². The molecule has 0 bridgehead atoms. The maximum Gasteiger partial charge on any atom is 0.421 e. The van der Waals surface area contributed by atoms with Crippen LogP contribution in [0.3, 0.4) is 0 Å². The van der Waals surface area contributed by atoms with Crippen LogP contribution in [-0.4, -0.2) is 43.2 Å². The van der Waals surface area contributed by atoms with E-state index < -0.39 is 29.8 Å². The van der Waals surface area contributed by atoms with Crippen molar-refractivity contribution in [3.8, 4) is 22.6 Å². The first-order valence-corrected chi connectivity index (χ1v) is 14.1. The number of hydrogen-bond donors (Lipinski definition) is 0. The van der Waals surface area contributed by atoms with Gasteiger partial charge in [-0.15, -0.1) is 11.3 Å². The van der Waals surface area contributed by atoms with E-state index in [0.29, 0.717) is 63.6 Å². The number of piperidine rings is 1. The van der Waals surface area contributed by atoms with Crippen molar-refractivity contribution in [1.82, 2.24) is 24.2 Å². The van der Waals surface area contributed by atoms with E-state index in [2.05, 4.69) is 5.10 Å². The van der Waals surface area contributed by atoms with Gasteiger partial charge in [0.15, 0.2) is 0 Å². The lowest BCUT2D eigenvalue weighted by Crippen LogP contribution is -2.41. The Morgan fingerprint density at radius 3 is 2.42 bits per heavy atom. The third kappa shape index (κ3) is 5.79. The molecule has 0 unspecified atom stereocenters. The lowest BCUT2D eigenvalue weighted by atomic mass is 9.97. The Morgan fingerprint density at radius 2 is 1.77 bits per heavy atom. The molecule has 5 rings (SSSR count). The third-order valence-corrected chi connectivity index (χ3v) is 8.59. The molecule has 0 N–H and O–H groups in total. The summed E-state index contributed by atoms with van der Waals surface area (Å²) in [6.45, 7) is 0.253. The number of carbonyl (C=O) groups excluding carboxylic acids is 1. The highest BCUT2D eigenvalue weighted by Gasteiger charge is 2.35. The van der Waals surface area contributed by atoms with Crippen LogP contribution in [0.25, 0.3) is 22.6 Å². The van der Waals surface area contributed by atoms with Gasteiger partial charge in [0, 0.05) is 43.2 Å². The number of nitrogens with zero attached hydrogens (tertiary/aromatic N) is 5. The molecular weight excluding hydrogens is 610 g/mol. The molecule has 0 radical (unpaired) electrons. The lowest BCUT2D eigenvalue weighted by Gasteiger charge is -2.31. The predicted octanol–water partition coefficient (Wildman–Crippen LogP) is 6.76. The van der Waals surface area contributed by atoms with Crippen LogP contribution in [-0.2, 0) is 24.6 Å². The Balaban J connectivity index is 1.25. The second kappa shape index (κ2) is 11.2. The van der Waals surface area contributed by atoms with Gasteiger partial charge in [0.25, 0.3) is 5.56 Å². The second-order valence-electron chi connectivity index (χ2n) is 9.36. The number of benzene rings is 1. The zero-order chi connectivity index (χ0) is 28.8. The van der Waals surface area contributed by atoms with Gasteiger partial charge in [-0.25, -0.2) is 4.98 Å². The van der Waals surface area contributed by atoms with E-state index in [1.807, 2.05) is 11.4 Å². The number of pyridine rings is 1. The van der Waals surface area contributed by atoms with Crippen LogP contribution < -0.4 is 5.56 Å². The van der Waals surface area contributed by atoms with Crippen molar-refractivity contribution in [2.24, 2.45) is 7.05 Å². The summed E-state index contributed by atoms with van der Waals surface area (Å²) in [7, 11) is 1.81. The average Bonchev–Trinajstić information content (AvgIpc) is 3.53. The molecule has 210 valence electrons. The van der Waals surface area contributed by atoms with Gasteiger partial charge in [0.2, 0.25) is 5.91 Å². The van der Waals surface area contributed by atoms with Crippen LogP contribution in [0.1, 0.15) is 29.3 Å². The van der Waals surface area contributed by atoms with Crippen LogP contribution >= 0.6 is 46.1 Å². The van der Waals surface area contributed by atoms with E-state index in [1.54, 1.807) is 34.8 Å². The standard InChI is InChI=1S/C26H21Cl3F3N5O2S/c1-35-21(23-17(28)3-2-4-18(23)29)10-19(34-35)20-13-40-24(33-20)14-5-7-36(8-6-14)22(38)12-37-11-15(27)9-16(25(37)39)26(30,31)32/h2-4,9-11,13-14H,5-8,12H2,1H3. The van der Waals surface area contributed by atoms with Gasteiger partial charge in [0.05, 0.1) is 25.8 Å². The summed E-state index contributed by atoms with van der Waals surface area (Å²) < 4.78 is 41.9. The molecule has 1 saturated heterocycles. The Labute approximate surface area is 245 Å². The van der Waals surface area contributed by atoms with E-state index in [1.165, 1.54) is 11.3 Å². The van der Waals surface area contributed by atoms with Gasteiger partial charge in [0.1, 0.15) is 23.5 Å². The summed E-state index contributed by atoms with van der Waals surface area (Å²) in [6.07, 6.45) is -2.57. The summed E-state index contributed by atoms with van der Waals surface area (Å²) in [5.74, 6) is -0.343. The quantitative estimate of drug-likeness (QED) is 0.244. The van der Waals surface area contributed by atoms with Crippen LogP contribution in [0.15, 0.2) is 46.7 Å². The van der Waals surface area contributed by atoms with Crippen molar-refractivity contribution in [3.05, 3.63) is 77.9 Å². The maximum absolute atomic E-state index is 13.2. The fraction of sp³-hybridized carbons (Fsp3) is 0.308. The van der Waals surface area contributed by atoms with E-state index in [9.17, 15) is 22.8 Å². The summed E-state index contributed by atoms with van der Waals surface area (Å²) in [5, 5.41) is 8.19. The molecule has 7 nitrogen and oxygen atoms in total. The molecule has 0 spiro atoms. The number of halogens is 6. The van der Waals surface area contributed by atoms with Gasteiger partial charge < -0.3 is 9.47 Å². The van der Waals surface area contributed by atoms with E-state index in [0.717, 1.165) is 16.9 Å². The minimum absolute atomic E-state index is 0.106. The Morgan fingerprint density at radius 1 is 1.10 bits per heavy atom. The highest BCUT2D eigenvalue weighted by atomic mass is 35.5. The molecule has 40 heavy (non-hydrogen) atoms. The molecule has 4 aromatic rings. The normalized spacial score (nSPS) is 14.6. The number of rotatable bonds is 5. The third-order valence-electron chi connectivity index (χ3n) is 6.74. The number of hydrogen-bond acceptors (Lipinski definition) is 5. The Bertz CT molecular complexity index is 1620. The fourth-order valence-corrected chi connectivity index (χ4v) is 6.51. The largest absolute Gasteiger partial charge is 0.421 e. The number of amides is 1. The van der Waals surface area contributed by atoms with E-state index >= 15 is 0 Å². The van der Waals surface area contributed by atoms with Gasteiger partial charge in [-0.1, -0.05) is 40.9 Å². The van der Waals surface area contributed by atoms with Crippen LogP contribution in [0.5, 0.6) is 0 Å².